The number of nitrogens with zero attached hydrogens (tertiary/aromatic N) is 1. The van der Waals surface area contributed by atoms with Crippen LogP contribution in [0.2, 0.25) is 0 Å². The van der Waals surface area contributed by atoms with E-state index in [2.05, 4.69) is 16.9 Å². The van der Waals surface area contributed by atoms with Crippen LogP contribution in [0.1, 0.15) is 0 Å². The molecule has 1 amide bonds. The van der Waals surface area contributed by atoms with Crippen LogP contribution in [0, 0.1) is 0 Å². The van der Waals surface area contributed by atoms with Crippen molar-refractivity contribution in [3.63, 3.8) is 0 Å². The van der Waals surface area contributed by atoms with Crippen LogP contribution in [0.3, 0.4) is 0 Å². The van der Waals surface area contributed by atoms with Gasteiger partial charge in [-0.2, -0.15) is 0 Å². The summed E-state index contributed by atoms with van der Waals surface area (Å²) in [5.74, 6) is -0.175. The predicted octanol–water partition coefficient (Wildman–Crippen LogP) is 1.76. The topological polar surface area (TPSA) is 42.0 Å². The van der Waals surface area contributed by atoms with Crippen LogP contribution in [0.4, 0.5) is 5.69 Å². The van der Waals surface area contributed by atoms with Crippen molar-refractivity contribution in [1.82, 2.24) is 4.98 Å². The highest BCUT2D eigenvalue weighted by Crippen LogP contribution is 2.02. The molecule has 3 nitrogen and oxygen atoms in total. The fourth-order valence-electron chi connectivity index (χ4n) is 0.775. The molecule has 0 aliphatic heterocycles. The molecule has 0 aliphatic carbocycles. The molecule has 0 fully saturated rings. The number of hydrogen-bond donors (Lipinski definition) is 1. The fourth-order valence-corrected chi connectivity index (χ4v) is 0.775. The summed E-state index contributed by atoms with van der Waals surface area (Å²) in [5, 5.41) is 2.66. The van der Waals surface area contributed by atoms with Gasteiger partial charge in [-0.05, 0) is 12.1 Å². The molecule has 0 aliphatic rings. The Bertz CT molecular complexity index is 317. The third-order valence-corrected chi connectivity index (χ3v) is 1.33. The lowest BCUT2D eigenvalue weighted by Gasteiger charge is -1.99. The summed E-state index contributed by atoms with van der Waals surface area (Å²) in [4.78, 5) is 14.9. The van der Waals surface area contributed by atoms with Crippen molar-refractivity contribution in [2.75, 3.05) is 5.32 Å². The number of hydrogen-bond acceptors (Lipinski definition) is 2. The summed E-state index contributed by atoms with van der Waals surface area (Å²) < 4.78 is 0. The van der Waals surface area contributed by atoms with Crippen LogP contribution in [0.15, 0.2) is 49.3 Å². The van der Waals surface area contributed by atoms with Crippen molar-refractivity contribution in [2.24, 2.45) is 0 Å². The van der Waals surface area contributed by atoms with Crippen molar-refractivity contribution in [2.45, 2.75) is 0 Å². The minimum absolute atomic E-state index is 0.175. The van der Waals surface area contributed by atoms with Gasteiger partial charge in [0, 0.05) is 24.2 Å². The van der Waals surface area contributed by atoms with Gasteiger partial charge in [0.15, 0.2) is 0 Å². The van der Waals surface area contributed by atoms with E-state index in [4.69, 9.17) is 0 Å². The van der Waals surface area contributed by atoms with Gasteiger partial charge in [0.2, 0.25) is 5.91 Å². The molecule has 1 aromatic rings. The lowest BCUT2D eigenvalue weighted by atomic mass is 10.4. The lowest BCUT2D eigenvalue weighted by Crippen LogP contribution is -2.07. The van der Waals surface area contributed by atoms with Gasteiger partial charge >= 0.3 is 0 Å². The number of nitrogens with one attached hydrogen (secondary N) is 1. The van der Waals surface area contributed by atoms with Crippen molar-refractivity contribution in [3.05, 3.63) is 49.3 Å². The molecule has 1 heterocycles. The molecule has 0 bridgehead atoms. The molecule has 0 saturated carbocycles. The Kier molecular flexibility index (Phi) is 3.45. The lowest BCUT2D eigenvalue weighted by molar-refractivity contribution is -0.111. The first-order chi connectivity index (χ1) is 6.33. The maximum Gasteiger partial charge on any atom is 0.248 e. The Morgan fingerprint density at radius 3 is 2.77 bits per heavy atom. The first-order valence-corrected chi connectivity index (χ1v) is 3.83. The van der Waals surface area contributed by atoms with Crippen LogP contribution in [0.5, 0.6) is 0 Å². The number of amides is 1. The third kappa shape index (κ3) is 3.33. The van der Waals surface area contributed by atoms with Crippen molar-refractivity contribution < 1.29 is 4.79 Å². The molecule has 0 atom stereocenters. The van der Waals surface area contributed by atoms with E-state index in [0.717, 1.165) is 5.69 Å². The van der Waals surface area contributed by atoms with Crippen LogP contribution >= 0.6 is 0 Å². The maximum atomic E-state index is 11.1. The van der Waals surface area contributed by atoms with Gasteiger partial charge in [-0.3, -0.25) is 9.78 Å². The molecule has 0 radical (unpaired) electrons. The number of pyridine rings is 1. The number of aromatic nitrogens is 1. The fraction of sp³-hybridized carbons (Fsp3) is 0. The highest BCUT2D eigenvalue weighted by atomic mass is 16.1. The summed E-state index contributed by atoms with van der Waals surface area (Å²) in [7, 11) is 0. The maximum absolute atomic E-state index is 11.1. The molecule has 0 spiro atoms. The Hall–Kier alpha value is -1.90. The Morgan fingerprint density at radius 2 is 2.15 bits per heavy atom. The second-order valence-electron chi connectivity index (χ2n) is 2.32. The first kappa shape index (κ1) is 9.19. The average molecular weight is 174 g/mol. The zero-order valence-electron chi connectivity index (χ0n) is 7.10. The highest BCUT2D eigenvalue weighted by Gasteiger charge is 1.94. The summed E-state index contributed by atoms with van der Waals surface area (Å²) >= 11 is 0. The standard InChI is InChI=1S/C10H10N2O/c1-2-3-4-10(13)12-9-5-7-11-8-6-9/h2-8H,1H2,(H,11,12,13)/b4-3+. The molecule has 3 heteroatoms. The Labute approximate surface area is 76.8 Å². The number of rotatable bonds is 3. The van der Waals surface area contributed by atoms with Gasteiger partial charge in [0.1, 0.15) is 0 Å². The van der Waals surface area contributed by atoms with E-state index >= 15 is 0 Å². The van der Waals surface area contributed by atoms with Crippen molar-refractivity contribution in [3.8, 4) is 0 Å². The first-order valence-electron chi connectivity index (χ1n) is 3.83. The Morgan fingerprint density at radius 1 is 1.46 bits per heavy atom. The largest absolute Gasteiger partial charge is 0.322 e. The number of allylic oxidation sites excluding steroid dienone is 2. The minimum Gasteiger partial charge on any atom is -0.322 e. The quantitative estimate of drug-likeness (QED) is 0.560. The summed E-state index contributed by atoms with van der Waals surface area (Å²) in [6, 6.07) is 3.44. The van der Waals surface area contributed by atoms with E-state index in [9.17, 15) is 4.79 Å². The third-order valence-electron chi connectivity index (χ3n) is 1.33. The van der Waals surface area contributed by atoms with Crippen LogP contribution in [-0.4, -0.2) is 10.9 Å². The van der Waals surface area contributed by atoms with E-state index in [1.165, 1.54) is 6.08 Å². The SMILES string of the molecule is C=C/C=C/C(=O)Nc1ccncc1. The zero-order chi connectivity index (χ0) is 9.52. The summed E-state index contributed by atoms with van der Waals surface area (Å²) in [6.07, 6.45) is 7.77. The van der Waals surface area contributed by atoms with Gasteiger partial charge in [-0.15, -0.1) is 0 Å². The van der Waals surface area contributed by atoms with Gasteiger partial charge < -0.3 is 5.32 Å². The van der Waals surface area contributed by atoms with Crippen LogP contribution in [-0.2, 0) is 4.79 Å². The van der Waals surface area contributed by atoms with E-state index in [-0.39, 0.29) is 5.91 Å². The monoisotopic (exact) mass is 174 g/mol. The summed E-state index contributed by atoms with van der Waals surface area (Å²) in [6.45, 7) is 3.46. The zero-order valence-corrected chi connectivity index (χ0v) is 7.10. The molecule has 0 aromatic carbocycles. The molecule has 1 rings (SSSR count). The van der Waals surface area contributed by atoms with Crippen LogP contribution in [0.25, 0.3) is 0 Å². The van der Waals surface area contributed by atoms with Crippen LogP contribution < -0.4 is 5.32 Å². The number of anilines is 1. The molecular formula is C10H10N2O. The smallest absolute Gasteiger partial charge is 0.248 e. The van der Waals surface area contributed by atoms with E-state index < -0.39 is 0 Å². The molecule has 1 aromatic heterocycles. The molecular weight excluding hydrogens is 164 g/mol. The van der Waals surface area contributed by atoms with Crippen molar-refractivity contribution >= 4 is 11.6 Å². The predicted molar refractivity (Wildman–Crippen MR) is 52.2 cm³/mol. The van der Waals surface area contributed by atoms with Crippen molar-refractivity contribution in [1.29, 1.82) is 0 Å². The average Bonchev–Trinajstić information content (AvgIpc) is 2.16. The minimum atomic E-state index is -0.175. The molecule has 13 heavy (non-hydrogen) atoms. The second-order valence-corrected chi connectivity index (χ2v) is 2.32. The Balaban J connectivity index is 2.55. The highest BCUT2D eigenvalue weighted by molar-refractivity contribution is 5.99. The van der Waals surface area contributed by atoms with Gasteiger partial charge in [-0.1, -0.05) is 18.7 Å². The molecule has 1 N–H and O–H groups in total. The molecule has 66 valence electrons. The molecule has 0 unspecified atom stereocenters. The molecule has 0 saturated heterocycles. The van der Waals surface area contributed by atoms with E-state index in [1.807, 2.05) is 0 Å². The normalized spacial score (nSPS) is 9.85. The summed E-state index contributed by atoms with van der Waals surface area (Å²) in [5.41, 5.74) is 0.730. The van der Waals surface area contributed by atoms with E-state index in [0.29, 0.717) is 0 Å². The second kappa shape index (κ2) is 4.87. The van der Waals surface area contributed by atoms with E-state index in [1.54, 1.807) is 36.7 Å². The number of carbonyl (C=O) groups is 1. The van der Waals surface area contributed by atoms with Gasteiger partial charge in [-0.25, -0.2) is 0 Å². The van der Waals surface area contributed by atoms with Gasteiger partial charge in [0.25, 0.3) is 0 Å². The van der Waals surface area contributed by atoms with Gasteiger partial charge in [0.05, 0.1) is 0 Å². The number of carbonyl (C=O) groups excluding carboxylic acids is 1.